The molecule has 1 aromatic heterocycles. The summed E-state index contributed by atoms with van der Waals surface area (Å²) in [4.78, 5) is 15.4. The van der Waals surface area contributed by atoms with Crippen LogP contribution in [-0.2, 0) is 16.1 Å². The van der Waals surface area contributed by atoms with E-state index in [0.29, 0.717) is 6.61 Å². The number of H-pyrrole nitrogens is 1. The minimum absolute atomic E-state index is 0.201. The Morgan fingerprint density at radius 2 is 1.90 bits per heavy atom. The lowest BCUT2D eigenvalue weighted by molar-refractivity contribution is -0.146. The third-order valence-corrected chi connectivity index (χ3v) is 3.67. The SMILES string of the molecule is CC(C(=O)OCc1ccccc1)c1cccc2[nH]ccc12. The number of esters is 1. The maximum atomic E-state index is 12.2. The first-order valence-electron chi connectivity index (χ1n) is 7.02. The van der Waals surface area contributed by atoms with Crippen molar-refractivity contribution >= 4 is 16.9 Å². The molecule has 0 bridgehead atoms. The molecule has 1 heterocycles. The Morgan fingerprint density at radius 1 is 1.10 bits per heavy atom. The molecular formula is C18H17NO2. The summed E-state index contributed by atoms with van der Waals surface area (Å²) in [5.74, 6) is -0.485. The van der Waals surface area contributed by atoms with Crippen molar-refractivity contribution in [2.45, 2.75) is 19.4 Å². The van der Waals surface area contributed by atoms with Gasteiger partial charge in [0.25, 0.3) is 0 Å². The predicted octanol–water partition coefficient (Wildman–Crippen LogP) is 4.01. The van der Waals surface area contributed by atoms with Crippen LogP contribution in [0.25, 0.3) is 10.9 Å². The van der Waals surface area contributed by atoms with Crippen molar-refractivity contribution in [3.63, 3.8) is 0 Å². The van der Waals surface area contributed by atoms with Crippen molar-refractivity contribution in [3.05, 3.63) is 71.9 Å². The molecular weight excluding hydrogens is 262 g/mol. The Labute approximate surface area is 123 Å². The van der Waals surface area contributed by atoms with Gasteiger partial charge in [0, 0.05) is 17.1 Å². The second kappa shape index (κ2) is 5.83. The molecule has 2 aromatic carbocycles. The fraction of sp³-hybridized carbons (Fsp3) is 0.167. The summed E-state index contributed by atoms with van der Waals surface area (Å²) >= 11 is 0. The van der Waals surface area contributed by atoms with Gasteiger partial charge in [0.15, 0.2) is 0 Å². The molecule has 106 valence electrons. The Bertz CT molecular complexity index is 746. The Balaban J connectivity index is 1.74. The number of aromatic amines is 1. The largest absolute Gasteiger partial charge is 0.460 e. The van der Waals surface area contributed by atoms with E-state index in [1.807, 2.05) is 67.7 Å². The molecule has 3 heteroatoms. The van der Waals surface area contributed by atoms with Crippen LogP contribution in [0.3, 0.4) is 0 Å². The molecule has 0 aliphatic carbocycles. The van der Waals surface area contributed by atoms with Crippen molar-refractivity contribution < 1.29 is 9.53 Å². The highest BCUT2D eigenvalue weighted by molar-refractivity contribution is 5.89. The second-order valence-corrected chi connectivity index (χ2v) is 5.10. The molecule has 0 saturated carbocycles. The van der Waals surface area contributed by atoms with E-state index >= 15 is 0 Å². The second-order valence-electron chi connectivity index (χ2n) is 5.10. The van der Waals surface area contributed by atoms with Crippen molar-refractivity contribution in [3.8, 4) is 0 Å². The van der Waals surface area contributed by atoms with Gasteiger partial charge in [-0.2, -0.15) is 0 Å². The van der Waals surface area contributed by atoms with Gasteiger partial charge in [-0.25, -0.2) is 0 Å². The molecule has 0 aliphatic heterocycles. The van der Waals surface area contributed by atoms with Gasteiger partial charge in [0.1, 0.15) is 6.61 Å². The number of nitrogens with one attached hydrogen (secondary N) is 1. The zero-order chi connectivity index (χ0) is 14.7. The van der Waals surface area contributed by atoms with E-state index in [2.05, 4.69) is 4.98 Å². The topological polar surface area (TPSA) is 42.1 Å². The van der Waals surface area contributed by atoms with Gasteiger partial charge in [0.2, 0.25) is 0 Å². The number of hydrogen-bond acceptors (Lipinski definition) is 2. The highest BCUT2D eigenvalue weighted by Crippen LogP contribution is 2.26. The lowest BCUT2D eigenvalue weighted by atomic mass is 9.98. The fourth-order valence-corrected chi connectivity index (χ4v) is 2.47. The van der Waals surface area contributed by atoms with Crippen LogP contribution in [0.4, 0.5) is 0 Å². The van der Waals surface area contributed by atoms with Crippen LogP contribution in [0.2, 0.25) is 0 Å². The van der Waals surface area contributed by atoms with E-state index in [9.17, 15) is 4.79 Å². The number of benzene rings is 2. The predicted molar refractivity (Wildman–Crippen MR) is 83.0 cm³/mol. The number of fused-ring (bicyclic) bond motifs is 1. The van der Waals surface area contributed by atoms with Crippen molar-refractivity contribution in [2.24, 2.45) is 0 Å². The summed E-state index contributed by atoms with van der Waals surface area (Å²) < 4.78 is 5.42. The van der Waals surface area contributed by atoms with Gasteiger partial charge in [-0.05, 0) is 30.2 Å². The van der Waals surface area contributed by atoms with Crippen LogP contribution >= 0.6 is 0 Å². The molecule has 0 spiro atoms. The monoisotopic (exact) mass is 279 g/mol. The van der Waals surface area contributed by atoms with E-state index in [0.717, 1.165) is 22.0 Å². The number of ether oxygens (including phenoxy) is 1. The smallest absolute Gasteiger partial charge is 0.313 e. The molecule has 0 radical (unpaired) electrons. The van der Waals surface area contributed by atoms with E-state index in [1.165, 1.54) is 0 Å². The number of carbonyl (C=O) groups excluding carboxylic acids is 1. The first-order chi connectivity index (χ1) is 10.3. The molecule has 0 fully saturated rings. The van der Waals surface area contributed by atoms with Crippen molar-refractivity contribution in [1.82, 2.24) is 4.98 Å². The fourth-order valence-electron chi connectivity index (χ4n) is 2.47. The molecule has 21 heavy (non-hydrogen) atoms. The summed E-state index contributed by atoms with van der Waals surface area (Å²) in [6.45, 7) is 2.20. The first kappa shape index (κ1) is 13.4. The van der Waals surface area contributed by atoms with Crippen LogP contribution in [0.15, 0.2) is 60.8 Å². The molecule has 1 N–H and O–H groups in total. The summed E-state index contributed by atoms with van der Waals surface area (Å²) in [5, 5.41) is 1.07. The highest BCUT2D eigenvalue weighted by atomic mass is 16.5. The highest BCUT2D eigenvalue weighted by Gasteiger charge is 2.19. The standard InChI is InChI=1S/C18H17NO2/c1-13(15-8-5-9-17-16(15)10-11-19-17)18(20)21-12-14-6-3-2-4-7-14/h2-11,13,19H,12H2,1H3. The minimum atomic E-state index is -0.284. The average molecular weight is 279 g/mol. The third kappa shape index (κ3) is 2.82. The van der Waals surface area contributed by atoms with Crippen LogP contribution in [0, 0.1) is 0 Å². The summed E-state index contributed by atoms with van der Waals surface area (Å²) in [6, 6.07) is 17.6. The Hall–Kier alpha value is -2.55. The maximum absolute atomic E-state index is 12.2. The summed E-state index contributed by atoms with van der Waals surface area (Å²) in [6.07, 6.45) is 1.89. The van der Waals surface area contributed by atoms with Crippen LogP contribution in [0.1, 0.15) is 24.0 Å². The van der Waals surface area contributed by atoms with Crippen LogP contribution < -0.4 is 0 Å². The number of aromatic nitrogens is 1. The van der Waals surface area contributed by atoms with Crippen LogP contribution in [-0.4, -0.2) is 11.0 Å². The minimum Gasteiger partial charge on any atom is -0.460 e. The van der Waals surface area contributed by atoms with Gasteiger partial charge in [-0.1, -0.05) is 42.5 Å². The van der Waals surface area contributed by atoms with Gasteiger partial charge in [-0.3, -0.25) is 4.79 Å². The lowest BCUT2D eigenvalue weighted by Gasteiger charge is -2.13. The maximum Gasteiger partial charge on any atom is 0.313 e. The van der Waals surface area contributed by atoms with Crippen molar-refractivity contribution in [2.75, 3.05) is 0 Å². The molecule has 3 aromatic rings. The number of hydrogen-bond donors (Lipinski definition) is 1. The number of rotatable bonds is 4. The molecule has 0 amide bonds. The molecule has 0 aliphatic rings. The molecule has 1 unspecified atom stereocenters. The van der Waals surface area contributed by atoms with E-state index < -0.39 is 0 Å². The lowest BCUT2D eigenvalue weighted by Crippen LogP contribution is -2.13. The zero-order valence-electron chi connectivity index (χ0n) is 11.9. The molecule has 1 atom stereocenters. The Kier molecular flexibility index (Phi) is 3.73. The summed E-state index contributed by atoms with van der Waals surface area (Å²) in [7, 11) is 0. The summed E-state index contributed by atoms with van der Waals surface area (Å²) in [5.41, 5.74) is 3.03. The first-order valence-corrected chi connectivity index (χ1v) is 7.02. The van der Waals surface area contributed by atoms with E-state index in [1.54, 1.807) is 0 Å². The van der Waals surface area contributed by atoms with Crippen molar-refractivity contribution in [1.29, 1.82) is 0 Å². The molecule has 3 rings (SSSR count). The Morgan fingerprint density at radius 3 is 2.71 bits per heavy atom. The van der Waals surface area contributed by atoms with Gasteiger partial charge in [-0.15, -0.1) is 0 Å². The van der Waals surface area contributed by atoms with Gasteiger partial charge in [0.05, 0.1) is 5.92 Å². The van der Waals surface area contributed by atoms with Gasteiger partial charge >= 0.3 is 5.97 Å². The number of carbonyl (C=O) groups is 1. The third-order valence-electron chi connectivity index (χ3n) is 3.67. The van der Waals surface area contributed by atoms with E-state index in [4.69, 9.17) is 4.74 Å². The quantitative estimate of drug-likeness (QED) is 0.733. The molecule has 3 nitrogen and oxygen atoms in total. The van der Waals surface area contributed by atoms with E-state index in [-0.39, 0.29) is 11.9 Å². The average Bonchev–Trinajstić information content (AvgIpc) is 3.01. The molecule has 0 saturated heterocycles. The zero-order valence-corrected chi connectivity index (χ0v) is 11.9. The van der Waals surface area contributed by atoms with Crippen LogP contribution in [0.5, 0.6) is 0 Å². The van der Waals surface area contributed by atoms with Gasteiger partial charge < -0.3 is 9.72 Å². The normalized spacial score (nSPS) is 12.2.